The van der Waals surface area contributed by atoms with Crippen LogP contribution < -0.4 is 5.32 Å². The molecule has 0 aromatic carbocycles. The smallest absolute Gasteiger partial charge is 0.246 e. The summed E-state index contributed by atoms with van der Waals surface area (Å²) in [7, 11) is 0. The Morgan fingerprint density at radius 1 is 1.38 bits per heavy atom. The maximum absolute atomic E-state index is 12.0. The van der Waals surface area contributed by atoms with Crippen molar-refractivity contribution in [1.82, 2.24) is 19.9 Å². The zero-order chi connectivity index (χ0) is 14.7. The van der Waals surface area contributed by atoms with Gasteiger partial charge in [0.2, 0.25) is 5.91 Å². The highest BCUT2D eigenvalue weighted by atomic mass is 32.1. The van der Waals surface area contributed by atoms with Crippen LogP contribution in [0.5, 0.6) is 0 Å². The molecule has 0 bridgehead atoms. The Morgan fingerprint density at radius 3 is 3.00 bits per heavy atom. The minimum Gasteiger partial charge on any atom is -0.330 e. The third-order valence-electron chi connectivity index (χ3n) is 3.41. The molecule has 6 nitrogen and oxygen atoms in total. The van der Waals surface area contributed by atoms with E-state index in [9.17, 15) is 4.79 Å². The number of carbonyl (C=O) groups excluding carboxylic acids is 1. The lowest BCUT2D eigenvalue weighted by Gasteiger charge is -2.24. The van der Waals surface area contributed by atoms with E-state index in [0.29, 0.717) is 5.82 Å². The summed E-state index contributed by atoms with van der Waals surface area (Å²) in [5.41, 5.74) is 0.778. The van der Waals surface area contributed by atoms with Crippen LogP contribution in [-0.4, -0.2) is 32.3 Å². The zero-order valence-electron chi connectivity index (χ0n) is 11.4. The highest BCUT2D eigenvalue weighted by Crippen LogP contribution is 2.34. The molecule has 3 rings (SSSR count). The summed E-state index contributed by atoms with van der Waals surface area (Å²) in [5.74, 6) is 0.588. The molecule has 1 atom stereocenters. The SMILES string of the molecule is C=CC(=O)N1CCC[C@H]1c1nccnc1Nc1nccs1. The molecule has 0 aliphatic carbocycles. The number of carbonyl (C=O) groups is 1. The number of anilines is 2. The Hall–Kier alpha value is -2.28. The maximum atomic E-state index is 12.0. The topological polar surface area (TPSA) is 71.0 Å². The fourth-order valence-corrected chi connectivity index (χ4v) is 3.04. The van der Waals surface area contributed by atoms with Gasteiger partial charge in [0.05, 0.1) is 6.04 Å². The molecule has 108 valence electrons. The molecule has 0 spiro atoms. The van der Waals surface area contributed by atoms with Crippen LogP contribution in [0.4, 0.5) is 10.9 Å². The van der Waals surface area contributed by atoms with Crippen LogP contribution in [0.1, 0.15) is 24.6 Å². The van der Waals surface area contributed by atoms with E-state index in [4.69, 9.17) is 0 Å². The summed E-state index contributed by atoms with van der Waals surface area (Å²) in [5, 5.41) is 5.83. The predicted molar refractivity (Wildman–Crippen MR) is 81.3 cm³/mol. The van der Waals surface area contributed by atoms with E-state index in [1.165, 1.54) is 17.4 Å². The number of hydrogen-bond acceptors (Lipinski definition) is 6. The van der Waals surface area contributed by atoms with Gasteiger partial charge in [-0.15, -0.1) is 11.3 Å². The first kappa shape index (κ1) is 13.7. The Bertz CT molecular complexity index is 643. The standard InChI is InChI=1S/C14H15N5OS/c1-2-11(20)19-8-3-4-10(19)12-13(16-6-5-15-12)18-14-17-7-9-21-14/h2,5-7,9-10H,1,3-4,8H2,(H,16,17,18)/t10-/m0/s1. The van der Waals surface area contributed by atoms with Gasteiger partial charge < -0.3 is 10.2 Å². The summed E-state index contributed by atoms with van der Waals surface area (Å²) in [6.07, 6.45) is 8.20. The third kappa shape index (κ3) is 2.78. The van der Waals surface area contributed by atoms with Crippen molar-refractivity contribution >= 4 is 28.2 Å². The predicted octanol–water partition coefficient (Wildman–Crippen LogP) is 2.53. The second-order valence-corrected chi connectivity index (χ2v) is 5.54. The first-order valence-corrected chi connectivity index (χ1v) is 7.58. The fraction of sp³-hybridized carbons (Fsp3) is 0.286. The Kier molecular flexibility index (Phi) is 3.92. The van der Waals surface area contributed by atoms with Gasteiger partial charge in [-0.2, -0.15) is 0 Å². The number of aromatic nitrogens is 3. The molecular weight excluding hydrogens is 286 g/mol. The van der Waals surface area contributed by atoms with E-state index in [1.807, 2.05) is 5.38 Å². The van der Waals surface area contributed by atoms with Crippen molar-refractivity contribution in [3.05, 3.63) is 42.3 Å². The molecule has 0 unspecified atom stereocenters. The normalized spacial score (nSPS) is 17.7. The van der Waals surface area contributed by atoms with Crippen LogP contribution in [0.15, 0.2) is 36.6 Å². The molecule has 2 aromatic rings. The van der Waals surface area contributed by atoms with Crippen molar-refractivity contribution in [2.24, 2.45) is 0 Å². The second-order valence-electron chi connectivity index (χ2n) is 4.65. The second kappa shape index (κ2) is 6.01. The number of nitrogens with one attached hydrogen (secondary N) is 1. The van der Waals surface area contributed by atoms with Crippen LogP contribution in [0.25, 0.3) is 0 Å². The van der Waals surface area contributed by atoms with Crippen LogP contribution in [-0.2, 0) is 4.79 Å². The van der Waals surface area contributed by atoms with Crippen LogP contribution >= 0.6 is 11.3 Å². The quantitative estimate of drug-likeness (QED) is 0.879. The average molecular weight is 301 g/mol. The fourth-order valence-electron chi connectivity index (χ4n) is 2.51. The molecule has 1 amide bonds. The Labute approximate surface area is 126 Å². The van der Waals surface area contributed by atoms with Crippen LogP contribution in [0, 0.1) is 0 Å². The van der Waals surface area contributed by atoms with Gasteiger partial charge in [-0.25, -0.2) is 9.97 Å². The van der Waals surface area contributed by atoms with E-state index < -0.39 is 0 Å². The molecule has 0 saturated carbocycles. The average Bonchev–Trinajstić information content (AvgIpc) is 3.18. The molecule has 21 heavy (non-hydrogen) atoms. The van der Waals surface area contributed by atoms with Gasteiger partial charge in [0.1, 0.15) is 5.69 Å². The largest absolute Gasteiger partial charge is 0.330 e. The van der Waals surface area contributed by atoms with Crippen molar-refractivity contribution in [1.29, 1.82) is 0 Å². The highest BCUT2D eigenvalue weighted by Gasteiger charge is 2.31. The molecular formula is C14H15N5OS. The molecule has 1 fully saturated rings. The van der Waals surface area contributed by atoms with E-state index >= 15 is 0 Å². The minimum atomic E-state index is -0.0663. The van der Waals surface area contributed by atoms with Crippen molar-refractivity contribution < 1.29 is 4.79 Å². The summed E-state index contributed by atoms with van der Waals surface area (Å²) in [6.45, 7) is 4.29. The van der Waals surface area contributed by atoms with Crippen molar-refractivity contribution in [3.63, 3.8) is 0 Å². The van der Waals surface area contributed by atoms with Crippen LogP contribution in [0.3, 0.4) is 0 Å². The molecule has 1 aliphatic rings. The molecule has 7 heteroatoms. The van der Waals surface area contributed by atoms with E-state index in [2.05, 4.69) is 26.8 Å². The van der Waals surface area contributed by atoms with Crippen molar-refractivity contribution in [2.75, 3.05) is 11.9 Å². The highest BCUT2D eigenvalue weighted by molar-refractivity contribution is 7.13. The maximum Gasteiger partial charge on any atom is 0.246 e. The lowest BCUT2D eigenvalue weighted by Crippen LogP contribution is -2.29. The third-order valence-corrected chi connectivity index (χ3v) is 4.10. The van der Waals surface area contributed by atoms with Gasteiger partial charge in [-0.3, -0.25) is 9.78 Å². The van der Waals surface area contributed by atoms with Gasteiger partial charge in [0, 0.05) is 30.5 Å². The number of hydrogen-bond donors (Lipinski definition) is 1. The lowest BCUT2D eigenvalue weighted by atomic mass is 10.1. The van der Waals surface area contributed by atoms with Crippen molar-refractivity contribution in [3.8, 4) is 0 Å². The van der Waals surface area contributed by atoms with Crippen molar-refractivity contribution in [2.45, 2.75) is 18.9 Å². The minimum absolute atomic E-state index is 0.0633. The lowest BCUT2D eigenvalue weighted by molar-refractivity contribution is -0.126. The molecule has 0 radical (unpaired) electrons. The first-order valence-electron chi connectivity index (χ1n) is 6.70. The molecule has 2 aromatic heterocycles. The molecule has 1 saturated heterocycles. The summed E-state index contributed by atoms with van der Waals surface area (Å²) in [6, 6.07) is -0.0633. The number of thiazole rings is 1. The van der Waals surface area contributed by atoms with Gasteiger partial charge in [-0.05, 0) is 18.9 Å². The summed E-state index contributed by atoms with van der Waals surface area (Å²) in [4.78, 5) is 26.7. The summed E-state index contributed by atoms with van der Waals surface area (Å²) >= 11 is 1.49. The summed E-state index contributed by atoms with van der Waals surface area (Å²) < 4.78 is 0. The number of nitrogens with zero attached hydrogens (tertiary/aromatic N) is 4. The Morgan fingerprint density at radius 2 is 2.24 bits per heavy atom. The van der Waals surface area contributed by atoms with E-state index in [0.717, 1.165) is 30.2 Å². The van der Waals surface area contributed by atoms with Gasteiger partial charge >= 0.3 is 0 Å². The number of likely N-dealkylation sites (tertiary alicyclic amines) is 1. The number of rotatable bonds is 4. The van der Waals surface area contributed by atoms with Gasteiger partial charge in [-0.1, -0.05) is 6.58 Å². The van der Waals surface area contributed by atoms with E-state index in [-0.39, 0.29) is 11.9 Å². The monoisotopic (exact) mass is 301 g/mol. The molecule has 1 N–H and O–H groups in total. The van der Waals surface area contributed by atoms with Gasteiger partial charge in [0.15, 0.2) is 10.9 Å². The molecule has 3 heterocycles. The van der Waals surface area contributed by atoms with Gasteiger partial charge in [0.25, 0.3) is 0 Å². The number of amides is 1. The van der Waals surface area contributed by atoms with E-state index in [1.54, 1.807) is 23.5 Å². The molecule has 1 aliphatic heterocycles. The van der Waals surface area contributed by atoms with Crippen LogP contribution in [0.2, 0.25) is 0 Å². The first-order chi connectivity index (χ1) is 10.3. The zero-order valence-corrected chi connectivity index (χ0v) is 12.2. The Balaban J connectivity index is 1.91.